The first kappa shape index (κ1) is 30.7. The molecule has 10 heteroatoms. The van der Waals surface area contributed by atoms with Crippen LogP contribution in [0.2, 0.25) is 0 Å². The summed E-state index contributed by atoms with van der Waals surface area (Å²) in [5.41, 5.74) is 7.17. The molecular formula is C32H39N5O5. The van der Waals surface area contributed by atoms with Crippen molar-refractivity contribution in [3.8, 4) is 0 Å². The molecule has 0 radical (unpaired) electrons. The second kappa shape index (κ2) is 15.1. The second-order valence-electron chi connectivity index (χ2n) is 10.4. The summed E-state index contributed by atoms with van der Waals surface area (Å²) in [4.78, 5) is 52.2. The Hall–Kier alpha value is -4.28. The highest BCUT2D eigenvalue weighted by Crippen LogP contribution is 2.25. The lowest BCUT2D eigenvalue weighted by Crippen LogP contribution is -2.50. The van der Waals surface area contributed by atoms with Crippen LogP contribution in [-0.4, -0.2) is 61.0 Å². The molecule has 1 aliphatic rings. The van der Waals surface area contributed by atoms with Crippen molar-refractivity contribution in [3.05, 3.63) is 78.4 Å². The van der Waals surface area contributed by atoms with E-state index < -0.39 is 36.1 Å². The molecule has 4 rings (SSSR count). The molecule has 2 unspecified atom stereocenters. The lowest BCUT2D eigenvalue weighted by molar-refractivity contribution is -0.129. The normalized spacial score (nSPS) is 17.1. The highest BCUT2D eigenvalue weighted by molar-refractivity contribution is 6.05. The number of carbonyl (C=O) groups excluding carboxylic acids is 4. The second-order valence-corrected chi connectivity index (χ2v) is 10.4. The van der Waals surface area contributed by atoms with E-state index in [1.807, 2.05) is 79.7 Å². The zero-order chi connectivity index (χ0) is 29.9. The third kappa shape index (κ3) is 8.37. The van der Waals surface area contributed by atoms with E-state index in [4.69, 9.17) is 10.5 Å². The Bertz CT molecular complexity index is 1380. The number of hydrogen-bond donors (Lipinski definition) is 5. The summed E-state index contributed by atoms with van der Waals surface area (Å²) >= 11 is 0. The largest absolute Gasteiger partial charge is 0.354 e. The minimum atomic E-state index is -1.05. The van der Waals surface area contributed by atoms with Crippen molar-refractivity contribution in [2.45, 2.75) is 63.3 Å². The summed E-state index contributed by atoms with van der Waals surface area (Å²) in [5.74, 6) is -1.78. The van der Waals surface area contributed by atoms with E-state index >= 15 is 0 Å². The van der Waals surface area contributed by atoms with Gasteiger partial charge in [0.1, 0.15) is 12.1 Å². The Labute approximate surface area is 245 Å². The Morgan fingerprint density at radius 1 is 0.810 bits per heavy atom. The van der Waals surface area contributed by atoms with Crippen LogP contribution >= 0.6 is 0 Å². The van der Waals surface area contributed by atoms with Crippen molar-refractivity contribution in [2.24, 2.45) is 5.73 Å². The fourth-order valence-corrected chi connectivity index (χ4v) is 4.77. The number of fused-ring (bicyclic) bond motifs is 1. The minimum absolute atomic E-state index is 0.295. The molecule has 3 aromatic carbocycles. The summed E-state index contributed by atoms with van der Waals surface area (Å²) in [6.45, 7) is 2.89. The average molecular weight is 574 g/mol. The number of carbonyl (C=O) groups is 4. The number of benzene rings is 3. The van der Waals surface area contributed by atoms with Crippen molar-refractivity contribution < 1.29 is 23.9 Å². The van der Waals surface area contributed by atoms with Crippen molar-refractivity contribution >= 4 is 40.1 Å². The van der Waals surface area contributed by atoms with Gasteiger partial charge in [-0.2, -0.15) is 0 Å². The third-order valence-corrected chi connectivity index (χ3v) is 7.10. The molecule has 42 heavy (non-hydrogen) atoms. The van der Waals surface area contributed by atoms with E-state index in [1.165, 1.54) is 0 Å². The number of rotatable bonds is 15. The Morgan fingerprint density at radius 3 is 2.19 bits per heavy atom. The van der Waals surface area contributed by atoms with Gasteiger partial charge in [-0.1, -0.05) is 73.7 Å². The van der Waals surface area contributed by atoms with Crippen LogP contribution in [0.15, 0.2) is 72.8 Å². The summed E-state index contributed by atoms with van der Waals surface area (Å²) in [6.07, 6.45) is 0.655. The molecule has 4 amide bonds. The van der Waals surface area contributed by atoms with Gasteiger partial charge >= 0.3 is 0 Å². The van der Waals surface area contributed by atoms with Crippen LogP contribution < -0.4 is 27.0 Å². The zero-order valence-corrected chi connectivity index (χ0v) is 23.8. The monoisotopic (exact) mass is 573 g/mol. The molecule has 6 N–H and O–H groups in total. The first-order valence-corrected chi connectivity index (χ1v) is 14.5. The van der Waals surface area contributed by atoms with Crippen LogP contribution in [0.4, 0.5) is 5.69 Å². The molecule has 222 valence electrons. The number of nitrogens with two attached hydrogens (primary N) is 1. The number of ether oxygens (including phenoxy) is 1. The van der Waals surface area contributed by atoms with Crippen molar-refractivity contribution in [1.29, 1.82) is 0 Å². The van der Waals surface area contributed by atoms with Crippen LogP contribution in [0, 0.1) is 0 Å². The fraction of sp³-hybridized carbons (Fsp3) is 0.375. The summed E-state index contributed by atoms with van der Waals surface area (Å²) in [5, 5.41) is 13.1. The molecule has 0 spiro atoms. The van der Waals surface area contributed by atoms with Gasteiger partial charge in [0.15, 0.2) is 12.2 Å². The number of amides is 4. The lowest BCUT2D eigenvalue weighted by atomic mass is 10.0. The van der Waals surface area contributed by atoms with Gasteiger partial charge in [-0.15, -0.1) is 0 Å². The van der Waals surface area contributed by atoms with Crippen LogP contribution in [0.25, 0.3) is 10.8 Å². The summed E-state index contributed by atoms with van der Waals surface area (Å²) < 4.78 is 5.43. The van der Waals surface area contributed by atoms with Crippen LogP contribution in [0.5, 0.6) is 0 Å². The molecule has 0 saturated carbocycles. The number of epoxide rings is 1. The topological polar surface area (TPSA) is 155 Å². The number of anilines is 1. The minimum Gasteiger partial charge on any atom is -0.354 e. The van der Waals surface area contributed by atoms with E-state index in [0.29, 0.717) is 44.5 Å². The molecule has 1 aliphatic heterocycles. The van der Waals surface area contributed by atoms with Gasteiger partial charge in [-0.3, -0.25) is 19.2 Å². The van der Waals surface area contributed by atoms with Crippen molar-refractivity contribution in [1.82, 2.24) is 16.0 Å². The van der Waals surface area contributed by atoms with Gasteiger partial charge in [0, 0.05) is 24.0 Å². The maximum atomic E-state index is 13.3. The Balaban J connectivity index is 1.38. The van der Waals surface area contributed by atoms with Crippen LogP contribution in [0.3, 0.4) is 0 Å². The van der Waals surface area contributed by atoms with E-state index in [0.717, 1.165) is 22.8 Å². The molecule has 3 aromatic rings. The van der Waals surface area contributed by atoms with Crippen LogP contribution in [0.1, 0.15) is 38.2 Å². The predicted octanol–water partition coefficient (Wildman–Crippen LogP) is 2.41. The van der Waals surface area contributed by atoms with Gasteiger partial charge in [-0.25, -0.2) is 0 Å². The van der Waals surface area contributed by atoms with E-state index in [-0.39, 0.29) is 11.8 Å². The van der Waals surface area contributed by atoms with Gasteiger partial charge in [0.05, 0.1) is 0 Å². The quantitative estimate of drug-likeness (QED) is 0.139. The van der Waals surface area contributed by atoms with Gasteiger partial charge in [0.2, 0.25) is 11.8 Å². The molecule has 0 bridgehead atoms. The zero-order valence-electron chi connectivity index (χ0n) is 23.8. The molecule has 0 aromatic heterocycles. The van der Waals surface area contributed by atoms with E-state index in [9.17, 15) is 19.2 Å². The SMILES string of the molecule is CCCNC(=O)[C@H](Cc1ccccc1)NC(=O)C1OC1C(=O)N[C@@H](CCCCN)C(=O)Nc1cccc2ccccc12. The maximum Gasteiger partial charge on any atom is 0.253 e. The van der Waals surface area contributed by atoms with E-state index in [1.54, 1.807) is 0 Å². The molecule has 1 saturated heterocycles. The number of hydrogen-bond acceptors (Lipinski definition) is 6. The highest BCUT2D eigenvalue weighted by Gasteiger charge is 2.51. The van der Waals surface area contributed by atoms with Gasteiger partial charge in [0.25, 0.3) is 11.8 Å². The van der Waals surface area contributed by atoms with Crippen molar-refractivity contribution in [2.75, 3.05) is 18.4 Å². The van der Waals surface area contributed by atoms with Crippen molar-refractivity contribution in [3.63, 3.8) is 0 Å². The smallest absolute Gasteiger partial charge is 0.253 e. The molecule has 0 aliphatic carbocycles. The standard InChI is InChI=1S/C32H39N5O5/c1-2-19-34-29(38)26(20-21-11-4-3-5-12-21)37-32(41)28-27(42-28)31(40)36-25(16-8-9-18-33)30(39)35-24-17-10-14-22-13-6-7-15-23(22)24/h3-7,10-15,17,25-28H,2,8-9,16,18-20,33H2,1H3,(H,34,38)(H,35,39)(H,36,40)(H,37,41)/t25-,26-,27?,28?/m0/s1. The lowest BCUT2D eigenvalue weighted by Gasteiger charge is -2.19. The molecule has 1 fully saturated rings. The Kier molecular flexibility index (Phi) is 11.0. The number of nitrogens with one attached hydrogen (secondary N) is 4. The first-order valence-electron chi connectivity index (χ1n) is 14.5. The van der Waals surface area contributed by atoms with Crippen LogP contribution in [-0.2, 0) is 30.3 Å². The third-order valence-electron chi connectivity index (χ3n) is 7.10. The Morgan fingerprint density at radius 2 is 1.48 bits per heavy atom. The predicted molar refractivity (Wildman–Crippen MR) is 161 cm³/mol. The molecular weight excluding hydrogens is 534 g/mol. The molecule has 10 nitrogen and oxygen atoms in total. The van der Waals surface area contributed by atoms with Gasteiger partial charge in [-0.05, 0) is 49.2 Å². The molecule has 4 atom stereocenters. The average Bonchev–Trinajstić information content (AvgIpc) is 3.81. The summed E-state index contributed by atoms with van der Waals surface area (Å²) in [6, 6.07) is 21.0. The molecule has 1 heterocycles. The van der Waals surface area contributed by atoms with Gasteiger partial charge < -0.3 is 31.7 Å². The summed E-state index contributed by atoms with van der Waals surface area (Å²) in [7, 11) is 0. The van der Waals surface area contributed by atoms with E-state index in [2.05, 4.69) is 21.3 Å². The highest BCUT2D eigenvalue weighted by atomic mass is 16.6. The first-order chi connectivity index (χ1) is 20.4. The number of unbranched alkanes of at least 4 members (excludes halogenated alkanes) is 1. The maximum absolute atomic E-state index is 13.3. The fourth-order valence-electron chi connectivity index (χ4n) is 4.77.